The zero-order valence-corrected chi connectivity index (χ0v) is 13.4. The number of hydrogen-bond donors (Lipinski definition) is 2. The first-order valence-corrected chi connectivity index (χ1v) is 8.75. The molecule has 2 atom stereocenters. The van der Waals surface area contributed by atoms with Gasteiger partial charge < -0.3 is 11.5 Å². The molecule has 2 unspecified atom stereocenters. The van der Waals surface area contributed by atoms with Gasteiger partial charge in [-0.1, -0.05) is 32.9 Å². The van der Waals surface area contributed by atoms with Crippen molar-refractivity contribution in [2.24, 2.45) is 23.3 Å². The standard InChI is InChI=1S/C15H26N2O2S/c1-4-20(18,19)15-7-5-13(6-8-15)11(2)12(3)14(9-16)10-17/h5-8,11-12,14H,4,9-10,16-17H2,1-3H3. The van der Waals surface area contributed by atoms with Crippen molar-refractivity contribution in [3.05, 3.63) is 29.8 Å². The van der Waals surface area contributed by atoms with Crippen LogP contribution in [-0.4, -0.2) is 27.3 Å². The number of benzene rings is 1. The summed E-state index contributed by atoms with van der Waals surface area (Å²) in [5.74, 6) is 1.06. The lowest BCUT2D eigenvalue weighted by molar-refractivity contribution is 0.328. The van der Waals surface area contributed by atoms with Crippen LogP contribution < -0.4 is 11.5 Å². The van der Waals surface area contributed by atoms with Gasteiger partial charge in [0.05, 0.1) is 10.6 Å². The summed E-state index contributed by atoms with van der Waals surface area (Å²) in [6.07, 6.45) is 0. The molecule has 0 aromatic heterocycles. The topological polar surface area (TPSA) is 86.2 Å². The largest absolute Gasteiger partial charge is 0.330 e. The maximum Gasteiger partial charge on any atom is 0.178 e. The highest BCUT2D eigenvalue weighted by Gasteiger charge is 2.22. The molecule has 0 spiro atoms. The third-order valence-electron chi connectivity index (χ3n) is 4.28. The Hall–Kier alpha value is -0.910. The van der Waals surface area contributed by atoms with Crippen LogP contribution in [0.15, 0.2) is 29.2 Å². The number of rotatable bonds is 7. The number of nitrogens with two attached hydrogens (primary N) is 2. The molecule has 4 N–H and O–H groups in total. The van der Waals surface area contributed by atoms with E-state index in [1.165, 1.54) is 0 Å². The van der Waals surface area contributed by atoms with Crippen LogP contribution in [0.1, 0.15) is 32.3 Å². The van der Waals surface area contributed by atoms with Crippen molar-refractivity contribution >= 4 is 9.84 Å². The van der Waals surface area contributed by atoms with Crippen molar-refractivity contribution in [2.75, 3.05) is 18.8 Å². The summed E-state index contributed by atoms with van der Waals surface area (Å²) in [5, 5.41) is 0. The van der Waals surface area contributed by atoms with Crippen molar-refractivity contribution in [1.82, 2.24) is 0 Å². The minimum atomic E-state index is -3.13. The van der Waals surface area contributed by atoms with Crippen LogP contribution in [0.5, 0.6) is 0 Å². The summed E-state index contributed by atoms with van der Waals surface area (Å²) in [6.45, 7) is 7.08. The van der Waals surface area contributed by atoms with Gasteiger partial charge in [-0.3, -0.25) is 0 Å². The fourth-order valence-electron chi connectivity index (χ4n) is 2.38. The van der Waals surface area contributed by atoms with E-state index in [4.69, 9.17) is 11.5 Å². The maximum atomic E-state index is 11.8. The second-order valence-electron chi connectivity index (χ2n) is 5.35. The summed E-state index contributed by atoms with van der Waals surface area (Å²) in [6, 6.07) is 7.18. The second kappa shape index (κ2) is 7.20. The minimum absolute atomic E-state index is 0.126. The average molecular weight is 298 g/mol. The SMILES string of the molecule is CCS(=O)(=O)c1ccc(C(C)C(C)C(CN)CN)cc1. The zero-order valence-electron chi connectivity index (χ0n) is 12.5. The monoisotopic (exact) mass is 298 g/mol. The molecule has 0 radical (unpaired) electrons. The zero-order chi connectivity index (χ0) is 15.3. The smallest absolute Gasteiger partial charge is 0.178 e. The van der Waals surface area contributed by atoms with E-state index in [1.54, 1.807) is 19.1 Å². The molecule has 1 rings (SSSR count). The number of hydrogen-bond acceptors (Lipinski definition) is 4. The van der Waals surface area contributed by atoms with Gasteiger partial charge in [-0.25, -0.2) is 8.42 Å². The second-order valence-corrected chi connectivity index (χ2v) is 7.63. The molecule has 0 fully saturated rings. The van der Waals surface area contributed by atoms with E-state index in [9.17, 15) is 8.42 Å². The minimum Gasteiger partial charge on any atom is -0.330 e. The maximum absolute atomic E-state index is 11.8. The van der Waals surface area contributed by atoms with Gasteiger partial charge in [-0.15, -0.1) is 0 Å². The Morgan fingerprint density at radius 1 is 1.05 bits per heavy atom. The lowest BCUT2D eigenvalue weighted by atomic mass is 9.80. The van der Waals surface area contributed by atoms with Crippen LogP contribution in [0, 0.1) is 11.8 Å². The average Bonchev–Trinajstić information content (AvgIpc) is 2.47. The summed E-state index contributed by atoms with van der Waals surface area (Å²) in [4.78, 5) is 0.387. The van der Waals surface area contributed by atoms with Gasteiger partial charge >= 0.3 is 0 Å². The highest BCUT2D eigenvalue weighted by atomic mass is 32.2. The molecule has 0 aliphatic rings. The molecule has 0 saturated carbocycles. The van der Waals surface area contributed by atoms with Crippen LogP contribution in [0.2, 0.25) is 0 Å². The van der Waals surface area contributed by atoms with Crippen molar-refractivity contribution in [3.63, 3.8) is 0 Å². The molecule has 0 saturated heterocycles. The van der Waals surface area contributed by atoms with Crippen LogP contribution in [0.25, 0.3) is 0 Å². The van der Waals surface area contributed by atoms with Crippen LogP contribution in [-0.2, 0) is 9.84 Å². The summed E-state index contributed by atoms with van der Waals surface area (Å²) in [7, 11) is -3.13. The third kappa shape index (κ3) is 3.81. The molecule has 0 heterocycles. The van der Waals surface area contributed by atoms with E-state index in [0.717, 1.165) is 5.56 Å². The quantitative estimate of drug-likeness (QED) is 0.803. The Morgan fingerprint density at radius 3 is 1.95 bits per heavy atom. The molecule has 5 heteroatoms. The Morgan fingerprint density at radius 2 is 1.55 bits per heavy atom. The van der Waals surface area contributed by atoms with Gasteiger partial charge in [0, 0.05) is 0 Å². The predicted molar refractivity (Wildman–Crippen MR) is 83.3 cm³/mol. The highest BCUT2D eigenvalue weighted by molar-refractivity contribution is 7.91. The summed E-state index contributed by atoms with van der Waals surface area (Å²) in [5.41, 5.74) is 12.6. The fraction of sp³-hybridized carbons (Fsp3) is 0.600. The predicted octanol–water partition coefficient (Wildman–Crippen LogP) is 1.75. The van der Waals surface area contributed by atoms with Gasteiger partial charge in [0.25, 0.3) is 0 Å². The van der Waals surface area contributed by atoms with Gasteiger partial charge in [0.15, 0.2) is 9.84 Å². The van der Waals surface area contributed by atoms with E-state index in [2.05, 4.69) is 13.8 Å². The molecule has 0 aliphatic carbocycles. The molecular weight excluding hydrogens is 272 g/mol. The molecule has 4 nitrogen and oxygen atoms in total. The molecule has 20 heavy (non-hydrogen) atoms. The Balaban J connectivity index is 2.93. The number of sulfone groups is 1. The molecule has 1 aromatic rings. The normalized spacial score (nSPS) is 15.3. The van der Waals surface area contributed by atoms with E-state index in [0.29, 0.717) is 29.8 Å². The molecule has 0 aliphatic heterocycles. The van der Waals surface area contributed by atoms with E-state index in [1.807, 2.05) is 12.1 Å². The third-order valence-corrected chi connectivity index (χ3v) is 6.03. The van der Waals surface area contributed by atoms with Crippen LogP contribution in [0.4, 0.5) is 0 Å². The summed E-state index contributed by atoms with van der Waals surface area (Å²) >= 11 is 0. The Bertz CT molecular complexity index is 507. The lowest BCUT2D eigenvalue weighted by Gasteiger charge is -2.27. The molecular formula is C15H26N2O2S. The van der Waals surface area contributed by atoms with Crippen molar-refractivity contribution in [1.29, 1.82) is 0 Å². The first-order chi connectivity index (χ1) is 9.37. The Kier molecular flexibility index (Phi) is 6.17. The Labute approximate surface area is 122 Å². The van der Waals surface area contributed by atoms with E-state index in [-0.39, 0.29) is 11.7 Å². The van der Waals surface area contributed by atoms with Gasteiger partial charge in [-0.05, 0) is 48.5 Å². The molecule has 114 valence electrons. The highest BCUT2D eigenvalue weighted by Crippen LogP contribution is 2.29. The van der Waals surface area contributed by atoms with Gasteiger partial charge in [-0.2, -0.15) is 0 Å². The van der Waals surface area contributed by atoms with Crippen LogP contribution >= 0.6 is 0 Å². The molecule has 1 aromatic carbocycles. The first-order valence-electron chi connectivity index (χ1n) is 7.10. The van der Waals surface area contributed by atoms with Crippen molar-refractivity contribution in [2.45, 2.75) is 31.6 Å². The van der Waals surface area contributed by atoms with E-state index >= 15 is 0 Å². The van der Waals surface area contributed by atoms with Crippen LogP contribution in [0.3, 0.4) is 0 Å². The first kappa shape index (κ1) is 17.1. The van der Waals surface area contributed by atoms with Crippen molar-refractivity contribution in [3.8, 4) is 0 Å². The molecule has 0 bridgehead atoms. The molecule has 0 amide bonds. The van der Waals surface area contributed by atoms with Crippen molar-refractivity contribution < 1.29 is 8.42 Å². The van der Waals surface area contributed by atoms with E-state index < -0.39 is 9.84 Å². The summed E-state index contributed by atoms with van der Waals surface area (Å²) < 4.78 is 23.6. The fourth-order valence-corrected chi connectivity index (χ4v) is 3.27. The van der Waals surface area contributed by atoms with Gasteiger partial charge in [0.1, 0.15) is 0 Å². The lowest BCUT2D eigenvalue weighted by Crippen LogP contribution is -2.31. The van der Waals surface area contributed by atoms with Gasteiger partial charge in [0.2, 0.25) is 0 Å².